The third-order valence-electron chi connectivity index (χ3n) is 4.36. The second kappa shape index (κ2) is 5.14. The average molecular weight is 374 g/mol. The molecule has 0 unspecified atom stereocenters. The molecule has 3 nitrogen and oxygen atoms in total. The summed E-state index contributed by atoms with van der Waals surface area (Å²) in [5.74, 6) is 0.859. The number of nitrogens with zero attached hydrogens (tertiary/aromatic N) is 3. The second-order valence-corrected chi connectivity index (χ2v) is 6.74. The summed E-state index contributed by atoms with van der Waals surface area (Å²) in [6, 6.07) is 23.0. The van der Waals surface area contributed by atoms with E-state index in [1.165, 1.54) is 16.2 Å². The van der Waals surface area contributed by atoms with Crippen LogP contribution in [-0.4, -0.2) is 14.6 Å². The molecule has 0 spiro atoms. The third-order valence-corrected chi connectivity index (χ3v) is 4.85. The number of hydrogen-bond acceptors (Lipinski definition) is 2. The zero-order valence-electron chi connectivity index (χ0n) is 12.6. The third kappa shape index (κ3) is 2.03. The lowest BCUT2D eigenvalue weighted by Gasteiger charge is -2.05. The molecule has 5 rings (SSSR count). The van der Waals surface area contributed by atoms with Crippen LogP contribution in [0.15, 0.2) is 77.4 Å². The van der Waals surface area contributed by atoms with Gasteiger partial charge in [0.05, 0.1) is 0 Å². The van der Waals surface area contributed by atoms with E-state index in [9.17, 15) is 0 Å². The Kier molecular flexibility index (Phi) is 2.94. The minimum absolute atomic E-state index is 0.859. The zero-order chi connectivity index (χ0) is 16.1. The Morgan fingerprint density at radius 3 is 2.58 bits per heavy atom. The highest BCUT2D eigenvalue weighted by molar-refractivity contribution is 9.10. The van der Waals surface area contributed by atoms with Crippen molar-refractivity contribution in [2.75, 3.05) is 0 Å². The van der Waals surface area contributed by atoms with E-state index >= 15 is 0 Å². The highest BCUT2D eigenvalue weighted by atomic mass is 79.9. The van der Waals surface area contributed by atoms with Gasteiger partial charge in [-0.25, -0.2) is 0 Å². The topological polar surface area (TPSA) is 30.2 Å². The van der Waals surface area contributed by atoms with Crippen molar-refractivity contribution in [1.82, 2.24) is 14.6 Å². The van der Waals surface area contributed by atoms with Crippen LogP contribution in [0.2, 0.25) is 0 Å². The smallest absolute Gasteiger partial charge is 0.168 e. The van der Waals surface area contributed by atoms with Crippen LogP contribution in [0.1, 0.15) is 0 Å². The molecule has 24 heavy (non-hydrogen) atoms. The first-order chi connectivity index (χ1) is 11.8. The average Bonchev–Trinajstić information content (AvgIpc) is 3.05. The molecule has 0 radical (unpaired) electrons. The van der Waals surface area contributed by atoms with Gasteiger partial charge < -0.3 is 0 Å². The van der Waals surface area contributed by atoms with E-state index in [2.05, 4.69) is 85.1 Å². The Morgan fingerprint density at radius 1 is 0.750 bits per heavy atom. The van der Waals surface area contributed by atoms with E-state index in [4.69, 9.17) is 0 Å². The molecular formula is C20H12BrN3. The lowest BCUT2D eigenvalue weighted by molar-refractivity contribution is 1.11. The summed E-state index contributed by atoms with van der Waals surface area (Å²) in [4.78, 5) is 0. The van der Waals surface area contributed by atoms with Gasteiger partial charge in [0, 0.05) is 21.6 Å². The van der Waals surface area contributed by atoms with Crippen molar-refractivity contribution >= 4 is 43.1 Å². The van der Waals surface area contributed by atoms with Crippen molar-refractivity contribution < 1.29 is 0 Å². The van der Waals surface area contributed by atoms with Crippen LogP contribution in [0.4, 0.5) is 0 Å². The Labute approximate surface area is 146 Å². The fourth-order valence-electron chi connectivity index (χ4n) is 3.17. The van der Waals surface area contributed by atoms with E-state index in [-0.39, 0.29) is 0 Å². The fourth-order valence-corrected chi connectivity index (χ4v) is 3.55. The fraction of sp³-hybridized carbons (Fsp3) is 0. The van der Waals surface area contributed by atoms with Gasteiger partial charge in [-0.05, 0) is 40.4 Å². The van der Waals surface area contributed by atoms with Gasteiger partial charge in [0.2, 0.25) is 0 Å². The van der Waals surface area contributed by atoms with Crippen LogP contribution in [-0.2, 0) is 0 Å². The number of rotatable bonds is 1. The van der Waals surface area contributed by atoms with Gasteiger partial charge in [0.25, 0.3) is 0 Å². The number of fused-ring (bicyclic) bond motifs is 4. The second-order valence-electron chi connectivity index (χ2n) is 5.83. The minimum atomic E-state index is 0.859. The molecule has 0 saturated heterocycles. The van der Waals surface area contributed by atoms with Crippen LogP contribution in [0.3, 0.4) is 0 Å². The normalized spacial score (nSPS) is 11.5. The van der Waals surface area contributed by atoms with Gasteiger partial charge in [0.1, 0.15) is 0 Å². The Balaban J connectivity index is 1.78. The minimum Gasteiger partial charge on any atom is -0.282 e. The van der Waals surface area contributed by atoms with Crippen molar-refractivity contribution in [2.24, 2.45) is 0 Å². The SMILES string of the molecule is Brc1ccc2ccc(-c3nnc4c5ccccc5ccn34)cc2c1. The van der Waals surface area contributed by atoms with Crippen molar-refractivity contribution in [3.8, 4) is 11.4 Å². The quantitative estimate of drug-likeness (QED) is 0.390. The van der Waals surface area contributed by atoms with Crippen LogP contribution in [0, 0.1) is 0 Å². The molecule has 0 aliphatic rings. The lowest BCUT2D eigenvalue weighted by Crippen LogP contribution is -1.90. The first-order valence-corrected chi connectivity index (χ1v) is 8.51. The molecule has 0 aliphatic carbocycles. The molecule has 0 bridgehead atoms. The van der Waals surface area contributed by atoms with E-state index in [0.29, 0.717) is 0 Å². The summed E-state index contributed by atoms with van der Waals surface area (Å²) in [7, 11) is 0. The van der Waals surface area contributed by atoms with Crippen molar-refractivity contribution in [3.05, 3.63) is 77.4 Å². The lowest BCUT2D eigenvalue weighted by atomic mass is 10.1. The molecule has 2 heterocycles. The molecule has 2 aromatic heterocycles. The maximum absolute atomic E-state index is 4.45. The van der Waals surface area contributed by atoms with E-state index in [1.807, 2.05) is 18.3 Å². The van der Waals surface area contributed by atoms with Gasteiger partial charge in [-0.2, -0.15) is 0 Å². The monoisotopic (exact) mass is 373 g/mol. The largest absolute Gasteiger partial charge is 0.282 e. The van der Waals surface area contributed by atoms with Gasteiger partial charge in [-0.1, -0.05) is 58.4 Å². The Morgan fingerprint density at radius 2 is 1.62 bits per heavy atom. The van der Waals surface area contributed by atoms with Crippen LogP contribution < -0.4 is 0 Å². The van der Waals surface area contributed by atoms with Gasteiger partial charge in [0.15, 0.2) is 11.5 Å². The molecule has 114 valence electrons. The summed E-state index contributed by atoms with van der Waals surface area (Å²) < 4.78 is 3.13. The molecule has 0 atom stereocenters. The highest BCUT2D eigenvalue weighted by Gasteiger charge is 2.11. The molecule has 0 amide bonds. The summed E-state index contributed by atoms with van der Waals surface area (Å²) in [5, 5.41) is 13.5. The maximum Gasteiger partial charge on any atom is 0.168 e. The van der Waals surface area contributed by atoms with E-state index in [1.54, 1.807) is 0 Å². The van der Waals surface area contributed by atoms with Gasteiger partial charge >= 0.3 is 0 Å². The number of benzene rings is 3. The molecule has 0 N–H and O–H groups in total. The predicted molar refractivity (Wildman–Crippen MR) is 101 cm³/mol. The highest BCUT2D eigenvalue weighted by Crippen LogP contribution is 2.27. The molecule has 5 aromatic rings. The predicted octanol–water partition coefficient (Wildman–Crippen LogP) is 5.47. The van der Waals surface area contributed by atoms with Gasteiger partial charge in [-0.3, -0.25) is 4.40 Å². The van der Waals surface area contributed by atoms with Gasteiger partial charge in [-0.15, -0.1) is 10.2 Å². The molecular weight excluding hydrogens is 362 g/mol. The first-order valence-electron chi connectivity index (χ1n) is 7.72. The van der Waals surface area contributed by atoms with E-state index in [0.717, 1.165) is 26.9 Å². The van der Waals surface area contributed by atoms with Crippen molar-refractivity contribution in [3.63, 3.8) is 0 Å². The first kappa shape index (κ1) is 13.7. The van der Waals surface area contributed by atoms with Crippen LogP contribution in [0.5, 0.6) is 0 Å². The van der Waals surface area contributed by atoms with Crippen molar-refractivity contribution in [2.45, 2.75) is 0 Å². The molecule has 0 saturated carbocycles. The summed E-state index contributed by atoms with van der Waals surface area (Å²) in [6.45, 7) is 0. The molecule has 3 aromatic carbocycles. The van der Waals surface area contributed by atoms with E-state index < -0.39 is 0 Å². The number of aromatic nitrogens is 3. The van der Waals surface area contributed by atoms with Crippen LogP contribution in [0.25, 0.3) is 38.6 Å². The standard InChI is InChI=1S/C20H12BrN3/c21-17-8-7-13-5-6-15(11-16(13)12-17)19-22-23-20-18-4-2-1-3-14(18)9-10-24(19)20/h1-12H. The number of hydrogen-bond donors (Lipinski definition) is 0. The summed E-state index contributed by atoms with van der Waals surface area (Å²) in [6.07, 6.45) is 2.04. The zero-order valence-corrected chi connectivity index (χ0v) is 14.2. The van der Waals surface area contributed by atoms with Crippen LogP contribution >= 0.6 is 15.9 Å². The number of pyridine rings is 1. The number of halogens is 1. The maximum atomic E-state index is 4.45. The van der Waals surface area contributed by atoms with Crippen molar-refractivity contribution in [1.29, 1.82) is 0 Å². The molecule has 4 heteroatoms. The summed E-state index contributed by atoms with van der Waals surface area (Å²) in [5.41, 5.74) is 1.95. The molecule has 0 fully saturated rings. The Bertz CT molecular complexity index is 1220. The summed E-state index contributed by atoms with van der Waals surface area (Å²) >= 11 is 3.54. The molecule has 0 aliphatic heterocycles. The Hall–Kier alpha value is -2.72.